The summed E-state index contributed by atoms with van der Waals surface area (Å²) in [5.41, 5.74) is 6.79. The molecule has 1 aliphatic rings. The Labute approximate surface area is 155 Å². The second kappa shape index (κ2) is 8.80. The third-order valence-corrected chi connectivity index (χ3v) is 4.86. The minimum Gasteiger partial charge on any atom is -0.494 e. The summed E-state index contributed by atoms with van der Waals surface area (Å²) in [7, 11) is 2.22. The van der Waals surface area contributed by atoms with Crippen LogP contribution in [0.1, 0.15) is 44.9 Å². The van der Waals surface area contributed by atoms with Gasteiger partial charge in [0.15, 0.2) is 5.82 Å². The van der Waals surface area contributed by atoms with Crippen LogP contribution in [0.3, 0.4) is 0 Å². The molecule has 0 aliphatic heterocycles. The Bertz CT molecular complexity index is 700. The van der Waals surface area contributed by atoms with Crippen molar-refractivity contribution in [2.24, 2.45) is 0 Å². The number of quaternary nitrogens is 1. The molecule has 1 fully saturated rings. The van der Waals surface area contributed by atoms with E-state index < -0.39 is 0 Å². The van der Waals surface area contributed by atoms with Crippen molar-refractivity contribution in [3.05, 3.63) is 30.1 Å². The first-order chi connectivity index (χ1) is 12.6. The number of hydrogen-bond acceptors (Lipinski definition) is 6. The highest BCUT2D eigenvalue weighted by Crippen LogP contribution is 2.19. The van der Waals surface area contributed by atoms with Gasteiger partial charge in [-0.3, -0.25) is 0 Å². The highest BCUT2D eigenvalue weighted by molar-refractivity contribution is 5.55. The number of benzene rings is 1. The molecular weight excluding hydrogens is 328 g/mol. The van der Waals surface area contributed by atoms with Crippen molar-refractivity contribution in [1.82, 2.24) is 15.0 Å². The van der Waals surface area contributed by atoms with Gasteiger partial charge in [-0.05, 0) is 56.9 Å². The third kappa shape index (κ3) is 5.05. The predicted molar refractivity (Wildman–Crippen MR) is 103 cm³/mol. The number of nitrogens with one attached hydrogen (secondary N) is 2. The van der Waals surface area contributed by atoms with Crippen LogP contribution in [0.2, 0.25) is 0 Å². The molecule has 0 saturated heterocycles. The van der Waals surface area contributed by atoms with Crippen molar-refractivity contribution >= 4 is 17.6 Å². The Hall–Kier alpha value is -2.41. The summed E-state index contributed by atoms with van der Waals surface area (Å²) >= 11 is 0. The molecule has 26 heavy (non-hydrogen) atoms. The molecule has 0 bridgehead atoms. The lowest BCUT2D eigenvalue weighted by atomic mass is 9.94. The van der Waals surface area contributed by atoms with Crippen LogP contribution in [0, 0.1) is 0 Å². The zero-order valence-electron chi connectivity index (χ0n) is 15.7. The standard InChI is InChI=1S/C19H28N6O/c1-3-26-16-11-9-14(10-12-16)21-19-23-17(22-18(20)24-19)13-25(2)15-7-5-4-6-8-15/h9-12,15H,3-8,13H2,1-2H3,(H3,20,21,22,23,24)/p+1. The number of nitrogen functional groups attached to an aromatic ring is 1. The van der Waals surface area contributed by atoms with E-state index in [0.29, 0.717) is 18.6 Å². The van der Waals surface area contributed by atoms with Gasteiger partial charge in [0.05, 0.1) is 19.7 Å². The van der Waals surface area contributed by atoms with Crippen LogP contribution in [0.25, 0.3) is 0 Å². The summed E-state index contributed by atoms with van der Waals surface area (Å²) in [4.78, 5) is 14.5. The van der Waals surface area contributed by atoms with Gasteiger partial charge < -0.3 is 20.7 Å². The number of aromatic nitrogens is 3. The number of rotatable bonds is 7. The molecule has 1 unspecified atom stereocenters. The molecule has 7 heteroatoms. The molecular formula is C19H29N6O+. The minimum absolute atomic E-state index is 0.250. The first-order valence-corrected chi connectivity index (χ1v) is 9.46. The van der Waals surface area contributed by atoms with Gasteiger partial charge in [0, 0.05) is 5.69 Å². The van der Waals surface area contributed by atoms with Crippen molar-refractivity contribution in [3.8, 4) is 5.75 Å². The molecule has 3 rings (SSSR count). The lowest BCUT2D eigenvalue weighted by Gasteiger charge is -2.27. The fourth-order valence-corrected chi connectivity index (χ4v) is 3.49. The molecule has 1 atom stereocenters. The zero-order valence-corrected chi connectivity index (χ0v) is 15.7. The average molecular weight is 357 g/mol. The largest absolute Gasteiger partial charge is 0.494 e. The van der Waals surface area contributed by atoms with Gasteiger partial charge in [-0.1, -0.05) is 6.42 Å². The van der Waals surface area contributed by atoms with Crippen molar-refractivity contribution in [2.45, 2.75) is 51.6 Å². The molecule has 0 radical (unpaired) electrons. The van der Waals surface area contributed by atoms with E-state index in [1.807, 2.05) is 31.2 Å². The van der Waals surface area contributed by atoms with Gasteiger partial charge >= 0.3 is 0 Å². The second-order valence-electron chi connectivity index (χ2n) is 6.87. The van der Waals surface area contributed by atoms with Gasteiger partial charge in [0.1, 0.15) is 12.3 Å². The van der Waals surface area contributed by atoms with Crippen LogP contribution >= 0.6 is 0 Å². The van der Waals surface area contributed by atoms with E-state index in [9.17, 15) is 0 Å². The van der Waals surface area contributed by atoms with Crippen molar-refractivity contribution < 1.29 is 9.64 Å². The SMILES string of the molecule is CCOc1ccc(Nc2nc(N)nc(C[NH+](C)C3CCCCC3)n2)cc1. The van der Waals surface area contributed by atoms with E-state index in [4.69, 9.17) is 10.5 Å². The van der Waals surface area contributed by atoms with E-state index in [0.717, 1.165) is 23.8 Å². The summed E-state index contributed by atoms with van der Waals surface area (Å²) < 4.78 is 5.46. The third-order valence-electron chi connectivity index (χ3n) is 4.86. The topological polar surface area (TPSA) is 90.4 Å². The zero-order chi connectivity index (χ0) is 18.4. The summed E-state index contributed by atoms with van der Waals surface area (Å²) in [6.45, 7) is 3.37. The monoisotopic (exact) mass is 357 g/mol. The Morgan fingerprint density at radius 2 is 1.85 bits per heavy atom. The first-order valence-electron chi connectivity index (χ1n) is 9.46. The van der Waals surface area contributed by atoms with Gasteiger partial charge in [-0.2, -0.15) is 15.0 Å². The molecule has 1 saturated carbocycles. The average Bonchev–Trinajstić information content (AvgIpc) is 2.64. The van der Waals surface area contributed by atoms with Crippen molar-refractivity contribution in [1.29, 1.82) is 0 Å². The molecule has 0 amide bonds. The molecule has 1 aromatic carbocycles. The Morgan fingerprint density at radius 3 is 2.54 bits per heavy atom. The van der Waals surface area contributed by atoms with Gasteiger partial charge in [0.2, 0.25) is 11.9 Å². The molecule has 1 heterocycles. The molecule has 4 N–H and O–H groups in total. The van der Waals surface area contributed by atoms with Crippen LogP contribution in [0.4, 0.5) is 17.6 Å². The second-order valence-corrected chi connectivity index (χ2v) is 6.87. The Kier molecular flexibility index (Phi) is 6.22. The van der Waals surface area contributed by atoms with Crippen LogP contribution in [0.15, 0.2) is 24.3 Å². The number of anilines is 3. The molecule has 7 nitrogen and oxygen atoms in total. The van der Waals surface area contributed by atoms with E-state index in [1.54, 1.807) is 0 Å². The maximum atomic E-state index is 5.90. The number of nitrogens with zero attached hydrogens (tertiary/aromatic N) is 3. The molecule has 140 valence electrons. The van der Waals surface area contributed by atoms with Crippen LogP contribution in [-0.4, -0.2) is 34.6 Å². The molecule has 2 aromatic rings. The van der Waals surface area contributed by atoms with E-state index in [1.165, 1.54) is 37.0 Å². The lowest BCUT2D eigenvalue weighted by Crippen LogP contribution is -3.11. The summed E-state index contributed by atoms with van der Waals surface area (Å²) in [6, 6.07) is 8.38. The Balaban J connectivity index is 1.66. The maximum absolute atomic E-state index is 5.90. The highest BCUT2D eigenvalue weighted by atomic mass is 16.5. The van der Waals surface area contributed by atoms with E-state index >= 15 is 0 Å². The molecule has 1 aromatic heterocycles. The predicted octanol–water partition coefficient (Wildman–Crippen LogP) is 1.94. The van der Waals surface area contributed by atoms with Gasteiger partial charge in [-0.15, -0.1) is 0 Å². The minimum atomic E-state index is 0.250. The normalized spacial score (nSPS) is 16.2. The van der Waals surface area contributed by atoms with Crippen LogP contribution in [0.5, 0.6) is 5.75 Å². The summed E-state index contributed by atoms with van der Waals surface area (Å²) in [6.07, 6.45) is 6.57. The Morgan fingerprint density at radius 1 is 1.12 bits per heavy atom. The lowest BCUT2D eigenvalue weighted by molar-refractivity contribution is -0.921. The van der Waals surface area contributed by atoms with E-state index in [2.05, 4.69) is 27.3 Å². The fraction of sp³-hybridized carbons (Fsp3) is 0.526. The van der Waals surface area contributed by atoms with Crippen LogP contribution in [-0.2, 0) is 6.54 Å². The van der Waals surface area contributed by atoms with E-state index in [-0.39, 0.29) is 5.95 Å². The maximum Gasteiger partial charge on any atom is 0.232 e. The number of ether oxygens (including phenoxy) is 1. The quantitative estimate of drug-likeness (QED) is 0.702. The molecule has 0 spiro atoms. The summed E-state index contributed by atoms with van der Waals surface area (Å²) in [5, 5.41) is 3.20. The number of nitrogens with two attached hydrogens (primary N) is 1. The summed E-state index contributed by atoms with van der Waals surface area (Å²) in [5.74, 6) is 2.30. The number of hydrogen-bond donors (Lipinski definition) is 3. The van der Waals surface area contributed by atoms with Crippen molar-refractivity contribution in [2.75, 3.05) is 24.7 Å². The highest BCUT2D eigenvalue weighted by Gasteiger charge is 2.22. The first kappa shape index (κ1) is 18.4. The fourth-order valence-electron chi connectivity index (χ4n) is 3.49. The van der Waals surface area contributed by atoms with Crippen molar-refractivity contribution in [3.63, 3.8) is 0 Å². The van der Waals surface area contributed by atoms with Gasteiger partial charge in [-0.25, -0.2) is 0 Å². The van der Waals surface area contributed by atoms with Gasteiger partial charge in [0.25, 0.3) is 0 Å². The smallest absolute Gasteiger partial charge is 0.232 e. The van der Waals surface area contributed by atoms with Crippen LogP contribution < -0.4 is 20.7 Å². The molecule has 1 aliphatic carbocycles.